The minimum absolute atomic E-state index is 0.616. The minimum Gasteiger partial charge on any atom is -0.342 e. The van der Waals surface area contributed by atoms with Gasteiger partial charge in [0.2, 0.25) is 5.13 Å². The van der Waals surface area contributed by atoms with Gasteiger partial charge in [0.05, 0.1) is 0 Å². The van der Waals surface area contributed by atoms with Gasteiger partial charge in [0.25, 0.3) is 0 Å². The molecule has 104 valence electrons. The highest BCUT2D eigenvalue weighted by Crippen LogP contribution is 2.36. The van der Waals surface area contributed by atoms with E-state index in [1.807, 2.05) is 17.9 Å². The molecule has 0 bridgehead atoms. The Bertz CT molecular complexity index is 558. The van der Waals surface area contributed by atoms with Gasteiger partial charge >= 0.3 is 0 Å². The number of likely N-dealkylation sites (tertiary alicyclic amines) is 1. The SMILES string of the molecule is c1cc(CN2CC[C@@H]3[C@@H]2CCN3c2nncs2)ccn1. The third-order valence-electron chi connectivity index (χ3n) is 4.42. The fourth-order valence-electron chi connectivity index (χ4n) is 3.52. The standard InChI is InChI=1S/C14H17N5S/c1-5-15-6-2-11(1)9-18-7-3-13-12(18)4-8-19(13)14-17-16-10-20-14/h1-2,5-6,10,12-13H,3-4,7-9H2/t12-,13+/m0/s1. The zero-order chi connectivity index (χ0) is 13.4. The number of hydrogen-bond acceptors (Lipinski definition) is 6. The van der Waals surface area contributed by atoms with E-state index >= 15 is 0 Å². The fraction of sp³-hybridized carbons (Fsp3) is 0.500. The first-order valence-corrected chi connectivity index (χ1v) is 7.95. The van der Waals surface area contributed by atoms with Gasteiger partial charge in [0.15, 0.2) is 0 Å². The lowest BCUT2D eigenvalue weighted by Crippen LogP contribution is -2.36. The largest absolute Gasteiger partial charge is 0.342 e. The van der Waals surface area contributed by atoms with Crippen LogP contribution in [0.4, 0.5) is 5.13 Å². The Kier molecular flexibility index (Phi) is 3.12. The smallest absolute Gasteiger partial charge is 0.208 e. The van der Waals surface area contributed by atoms with Gasteiger partial charge in [0, 0.05) is 44.1 Å². The highest BCUT2D eigenvalue weighted by molar-refractivity contribution is 7.13. The Morgan fingerprint density at radius 3 is 2.80 bits per heavy atom. The molecule has 0 saturated carbocycles. The molecule has 0 amide bonds. The third-order valence-corrected chi connectivity index (χ3v) is 5.15. The van der Waals surface area contributed by atoms with Gasteiger partial charge < -0.3 is 4.90 Å². The average molecular weight is 287 g/mol. The van der Waals surface area contributed by atoms with Crippen molar-refractivity contribution < 1.29 is 0 Å². The van der Waals surface area contributed by atoms with Crippen LogP contribution < -0.4 is 4.90 Å². The molecule has 20 heavy (non-hydrogen) atoms. The molecule has 6 heteroatoms. The number of rotatable bonds is 3. The number of fused-ring (bicyclic) bond motifs is 1. The van der Waals surface area contributed by atoms with Gasteiger partial charge in [-0.15, -0.1) is 10.2 Å². The summed E-state index contributed by atoms with van der Waals surface area (Å²) in [5, 5.41) is 9.30. The monoisotopic (exact) mass is 287 g/mol. The quantitative estimate of drug-likeness (QED) is 0.861. The van der Waals surface area contributed by atoms with Crippen molar-refractivity contribution in [2.24, 2.45) is 0 Å². The molecule has 2 fully saturated rings. The van der Waals surface area contributed by atoms with Crippen molar-refractivity contribution in [3.63, 3.8) is 0 Å². The average Bonchev–Trinajstić information content (AvgIpc) is 3.18. The maximum atomic E-state index is 4.24. The number of hydrogen-bond donors (Lipinski definition) is 0. The van der Waals surface area contributed by atoms with E-state index in [9.17, 15) is 0 Å². The van der Waals surface area contributed by atoms with E-state index in [2.05, 4.69) is 37.1 Å². The van der Waals surface area contributed by atoms with Crippen LogP contribution in [0.15, 0.2) is 30.0 Å². The predicted octanol–water partition coefficient (Wildman–Crippen LogP) is 1.79. The van der Waals surface area contributed by atoms with Crippen LogP contribution >= 0.6 is 11.3 Å². The summed E-state index contributed by atoms with van der Waals surface area (Å²) in [5.41, 5.74) is 3.18. The van der Waals surface area contributed by atoms with Crippen LogP contribution in [0.2, 0.25) is 0 Å². The molecule has 4 rings (SSSR count). The first-order chi connectivity index (χ1) is 9.92. The maximum Gasteiger partial charge on any atom is 0.208 e. The summed E-state index contributed by atoms with van der Waals surface area (Å²) in [6, 6.07) is 5.51. The molecule has 2 aliphatic heterocycles. The second-order valence-corrected chi connectivity index (χ2v) is 6.26. The molecule has 5 nitrogen and oxygen atoms in total. The summed E-state index contributed by atoms with van der Waals surface area (Å²) < 4.78 is 0. The van der Waals surface area contributed by atoms with E-state index in [0.29, 0.717) is 12.1 Å². The van der Waals surface area contributed by atoms with Gasteiger partial charge in [-0.2, -0.15) is 0 Å². The Morgan fingerprint density at radius 2 is 2.00 bits per heavy atom. The molecule has 0 aliphatic carbocycles. The van der Waals surface area contributed by atoms with Crippen LogP contribution in [0.3, 0.4) is 0 Å². The van der Waals surface area contributed by atoms with E-state index in [1.165, 1.54) is 24.9 Å². The second kappa shape index (κ2) is 5.10. The number of anilines is 1. The molecule has 0 radical (unpaired) electrons. The van der Waals surface area contributed by atoms with Crippen molar-refractivity contribution in [2.75, 3.05) is 18.0 Å². The summed E-state index contributed by atoms with van der Waals surface area (Å²) in [6.45, 7) is 3.32. The van der Waals surface area contributed by atoms with Gasteiger partial charge in [-0.25, -0.2) is 0 Å². The molecule has 0 aromatic carbocycles. The van der Waals surface area contributed by atoms with Gasteiger partial charge in [0.1, 0.15) is 5.51 Å². The zero-order valence-corrected chi connectivity index (χ0v) is 12.0. The molecule has 2 saturated heterocycles. The lowest BCUT2D eigenvalue weighted by atomic mass is 10.1. The molecular formula is C14H17N5S. The Balaban J connectivity index is 1.48. The van der Waals surface area contributed by atoms with Crippen LogP contribution in [-0.4, -0.2) is 45.3 Å². The van der Waals surface area contributed by atoms with Crippen molar-refractivity contribution in [2.45, 2.75) is 31.5 Å². The molecule has 0 N–H and O–H groups in total. The molecule has 0 spiro atoms. The minimum atomic E-state index is 0.616. The first-order valence-electron chi connectivity index (χ1n) is 7.07. The zero-order valence-electron chi connectivity index (χ0n) is 11.2. The summed E-state index contributed by atoms with van der Waals surface area (Å²) >= 11 is 1.65. The van der Waals surface area contributed by atoms with Crippen molar-refractivity contribution in [3.05, 3.63) is 35.6 Å². The predicted molar refractivity (Wildman–Crippen MR) is 78.7 cm³/mol. The van der Waals surface area contributed by atoms with Crippen molar-refractivity contribution >= 4 is 16.5 Å². The van der Waals surface area contributed by atoms with E-state index in [-0.39, 0.29) is 0 Å². The number of nitrogens with zero attached hydrogens (tertiary/aromatic N) is 5. The third kappa shape index (κ3) is 2.09. The van der Waals surface area contributed by atoms with Crippen LogP contribution in [-0.2, 0) is 6.54 Å². The Hall–Kier alpha value is -1.53. The van der Waals surface area contributed by atoms with Gasteiger partial charge in [-0.1, -0.05) is 11.3 Å². The molecule has 2 atom stereocenters. The molecule has 4 heterocycles. The second-order valence-electron chi connectivity index (χ2n) is 5.45. The number of pyridine rings is 1. The van der Waals surface area contributed by atoms with Crippen LogP contribution in [0, 0.1) is 0 Å². The van der Waals surface area contributed by atoms with E-state index < -0.39 is 0 Å². The Labute approximate surface area is 122 Å². The summed E-state index contributed by atoms with van der Waals surface area (Å²) in [5.74, 6) is 0. The molecule has 2 aromatic heterocycles. The van der Waals surface area contributed by atoms with E-state index in [0.717, 1.165) is 18.2 Å². The van der Waals surface area contributed by atoms with Gasteiger partial charge in [-0.3, -0.25) is 9.88 Å². The highest BCUT2D eigenvalue weighted by Gasteiger charge is 2.43. The summed E-state index contributed by atoms with van der Waals surface area (Å²) in [4.78, 5) is 9.16. The van der Waals surface area contributed by atoms with Crippen LogP contribution in [0.25, 0.3) is 0 Å². The summed E-state index contributed by atoms with van der Waals surface area (Å²) in [7, 11) is 0. The Morgan fingerprint density at radius 1 is 1.15 bits per heavy atom. The fourth-order valence-corrected chi connectivity index (χ4v) is 4.17. The molecule has 2 aromatic rings. The molecular weight excluding hydrogens is 270 g/mol. The van der Waals surface area contributed by atoms with E-state index in [4.69, 9.17) is 0 Å². The van der Waals surface area contributed by atoms with E-state index in [1.54, 1.807) is 11.3 Å². The topological polar surface area (TPSA) is 45.2 Å². The lowest BCUT2D eigenvalue weighted by molar-refractivity contribution is 0.246. The lowest BCUT2D eigenvalue weighted by Gasteiger charge is -2.25. The van der Waals surface area contributed by atoms with Crippen molar-refractivity contribution in [1.82, 2.24) is 20.1 Å². The summed E-state index contributed by atoms with van der Waals surface area (Å²) in [6.07, 6.45) is 6.22. The normalized spacial score (nSPS) is 26.1. The van der Waals surface area contributed by atoms with Crippen LogP contribution in [0.5, 0.6) is 0 Å². The first kappa shape index (κ1) is 12.2. The van der Waals surface area contributed by atoms with Gasteiger partial charge in [-0.05, 0) is 30.5 Å². The van der Waals surface area contributed by atoms with Crippen LogP contribution in [0.1, 0.15) is 18.4 Å². The van der Waals surface area contributed by atoms with Crippen molar-refractivity contribution in [1.29, 1.82) is 0 Å². The maximum absolute atomic E-state index is 4.24. The number of aromatic nitrogens is 3. The molecule has 2 aliphatic rings. The van der Waals surface area contributed by atoms with Crippen molar-refractivity contribution in [3.8, 4) is 0 Å². The molecule has 0 unspecified atom stereocenters. The highest BCUT2D eigenvalue weighted by atomic mass is 32.1.